The molecule has 9 heteroatoms. The van der Waals surface area contributed by atoms with Gasteiger partial charge in [0.05, 0.1) is 18.2 Å². The lowest BCUT2D eigenvalue weighted by Gasteiger charge is -2.31. The molecule has 170 valence electrons. The van der Waals surface area contributed by atoms with Crippen molar-refractivity contribution in [2.45, 2.75) is 25.6 Å². The number of nitrogens with one attached hydrogen (secondary N) is 1. The summed E-state index contributed by atoms with van der Waals surface area (Å²) in [6.07, 6.45) is -3.50. The van der Waals surface area contributed by atoms with Crippen LogP contribution in [-0.2, 0) is 22.3 Å². The first kappa shape index (κ1) is 23.3. The molecular formula is C23H23F3N2O4. The van der Waals surface area contributed by atoms with Crippen molar-refractivity contribution >= 4 is 17.8 Å². The van der Waals surface area contributed by atoms with Gasteiger partial charge in [-0.05, 0) is 54.8 Å². The highest BCUT2D eigenvalue weighted by atomic mass is 19.4. The average Bonchev–Trinajstić information content (AvgIpc) is 2.81. The van der Waals surface area contributed by atoms with Crippen LogP contribution in [0.4, 0.5) is 13.2 Å². The van der Waals surface area contributed by atoms with Crippen LogP contribution in [0.2, 0.25) is 0 Å². The molecule has 2 aromatic carbocycles. The third-order valence-electron chi connectivity index (χ3n) is 5.45. The van der Waals surface area contributed by atoms with E-state index in [0.29, 0.717) is 38.0 Å². The van der Waals surface area contributed by atoms with Gasteiger partial charge in [-0.25, -0.2) is 4.79 Å². The molecule has 6 nitrogen and oxygen atoms in total. The van der Waals surface area contributed by atoms with E-state index in [2.05, 4.69) is 10.1 Å². The topological polar surface area (TPSA) is 75.7 Å². The summed E-state index contributed by atoms with van der Waals surface area (Å²) < 4.78 is 42.7. The zero-order chi connectivity index (χ0) is 23.3. The molecule has 1 N–H and O–H groups in total. The summed E-state index contributed by atoms with van der Waals surface area (Å²) in [4.78, 5) is 38.0. The van der Waals surface area contributed by atoms with Crippen LogP contribution in [0.5, 0.6) is 0 Å². The average molecular weight is 448 g/mol. The molecule has 0 bridgehead atoms. The Kier molecular flexibility index (Phi) is 7.17. The van der Waals surface area contributed by atoms with Crippen LogP contribution in [0.15, 0.2) is 48.5 Å². The number of ether oxygens (including phenoxy) is 1. The van der Waals surface area contributed by atoms with E-state index in [1.807, 2.05) is 0 Å². The number of alkyl halides is 3. The van der Waals surface area contributed by atoms with Gasteiger partial charge in [0.2, 0.25) is 5.91 Å². The Morgan fingerprint density at radius 2 is 1.53 bits per heavy atom. The molecule has 2 aromatic rings. The van der Waals surface area contributed by atoms with Crippen molar-refractivity contribution in [3.8, 4) is 0 Å². The van der Waals surface area contributed by atoms with Crippen LogP contribution >= 0.6 is 0 Å². The lowest BCUT2D eigenvalue weighted by Crippen LogP contribution is -2.42. The van der Waals surface area contributed by atoms with Gasteiger partial charge in [-0.15, -0.1) is 0 Å². The van der Waals surface area contributed by atoms with E-state index in [1.54, 1.807) is 29.2 Å². The highest BCUT2D eigenvalue weighted by molar-refractivity contribution is 5.94. The van der Waals surface area contributed by atoms with Gasteiger partial charge in [-0.2, -0.15) is 13.2 Å². The minimum atomic E-state index is -4.45. The Balaban J connectivity index is 1.48. The third kappa shape index (κ3) is 5.66. The van der Waals surface area contributed by atoms with Crippen molar-refractivity contribution in [1.82, 2.24) is 10.2 Å². The maximum absolute atomic E-state index is 12.7. The molecule has 2 amide bonds. The summed E-state index contributed by atoms with van der Waals surface area (Å²) in [7, 11) is 1.30. The molecule has 3 rings (SSSR count). The molecule has 1 fully saturated rings. The molecule has 0 unspecified atom stereocenters. The first-order valence-electron chi connectivity index (χ1n) is 10.1. The summed E-state index contributed by atoms with van der Waals surface area (Å²) >= 11 is 0. The van der Waals surface area contributed by atoms with Crippen molar-refractivity contribution < 1.29 is 32.3 Å². The van der Waals surface area contributed by atoms with Gasteiger partial charge in [-0.1, -0.05) is 12.1 Å². The van der Waals surface area contributed by atoms with E-state index < -0.39 is 17.7 Å². The normalized spacial score (nSPS) is 14.7. The fourth-order valence-corrected chi connectivity index (χ4v) is 3.54. The maximum atomic E-state index is 12.7. The van der Waals surface area contributed by atoms with Crippen LogP contribution in [0, 0.1) is 5.92 Å². The Hall–Kier alpha value is -3.36. The fraction of sp³-hybridized carbons (Fsp3) is 0.348. The number of hydrogen-bond donors (Lipinski definition) is 1. The Labute approximate surface area is 183 Å². The van der Waals surface area contributed by atoms with Crippen molar-refractivity contribution in [3.05, 3.63) is 70.8 Å². The number of carbonyl (C=O) groups is 3. The van der Waals surface area contributed by atoms with Crippen LogP contribution in [0.3, 0.4) is 0 Å². The third-order valence-corrected chi connectivity index (χ3v) is 5.45. The predicted molar refractivity (Wildman–Crippen MR) is 110 cm³/mol. The number of carbonyl (C=O) groups excluding carboxylic acids is 3. The number of methoxy groups -OCH3 is 1. The number of piperidine rings is 1. The summed E-state index contributed by atoms with van der Waals surface area (Å²) in [5.74, 6) is -1.15. The maximum Gasteiger partial charge on any atom is 0.416 e. The summed E-state index contributed by atoms with van der Waals surface area (Å²) in [6, 6.07) is 10.9. The Bertz CT molecular complexity index is 964. The lowest BCUT2D eigenvalue weighted by molar-refractivity contribution is -0.137. The molecule has 0 saturated carbocycles. The molecule has 0 radical (unpaired) electrons. The summed E-state index contributed by atoms with van der Waals surface area (Å²) in [6.45, 7) is 1.02. The molecule has 0 spiro atoms. The molecule has 0 aromatic heterocycles. The molecular weight excluding hydrogens is 425 g/mol. The monoisotopic (exact) mass is 448 g/mol. The van der Waals surface area contributed by atoms with E-state index in [-0.39, 0.29) is 23.3 Å². The number of esters is 1. The van der Waals surface area contributed by atoms with Crippen LogP contribution < -0.4 is 5.32 Å². The number of nitrogens with zero attached hydrogens (tertiary/aromatic N) is 1. The van der Waals surface area contributed by atoms with Gasteiger partial charge in [-0.3, -0.25) is 9.59 Å². The first-order valence-corrected chi connectivity index (χ1v) is 10.1. The molecule has 1 aliphatic heterocycles. The molecule has 0 aliphatic carbocycles. The molecule has 0 atom stereocenters. The zero-order valence-electron chi connectivity index (χ0n) is 17.4. The highest BCUT2D eigenvalue weighted by Crippen LogP contribution is 2.29. The van der Waals surface area contributed by atoms with Crippen LogP contribution in [0.1, 0.15) is 44.7 Å². The van der Waals surface area contributed by atoms with E-state index in [9.17, 15) is 27.6 Å². The van der Waals surface area contributed by atoms with Crippen molar-refractivity contribution in [1.29, 1.82) is 0 Å². The lowest BCUT2D eigenvalue weighted by atomic mass is 9.95. The van der Waals surface area contributed by atoms with Gasteiger partial charge >= 0.3 is 12.1 Å². The summed E-state index contributed by atoms with van der Waals surface area (Å²) in [5, 5.41) is 2.86. The highest BCUT2D eigenvalue weighted by Gasteiger charge is 2.31. The van der Waals surface area contributed by atoms with E-state index >= 15 is 0 Å². The second-order valence-corrected chi connectivity index (χ2v) is 7.55. The first-order chi connectivity index (χ1) is 15.2. The number of likely N-dealkylation sites (tertiary alicyclic amines) is 1. The minimum Gasteiger partial charge on any atom is -0.465 e. The Morgan fingerprint density at radius 1 is 0.969 bits per heavy atom. The number of halogens is 3. The van der Waals surface area contributed by atoms with Crippen LogP contribution in [0.25, 0.3) is 0 Å². The second-order valence-electron chi connectivity index (χ2n) is 7.55. The van der Waals surface area contributed by atoms with Crippen molar-refractivity contribution in [2.75, 3.05) is 20.2 Å². The van der Waals surface area contributed by atoms with E-state index in [4.69, 9.17) is 0 Å². The molecule has 1 heterocycles. The van der Waals surface area contributed by atoms with Gasteiger partial charge in [0.25, 0.3) is 5.91 Å². The molecule has 32 heavy (non-hydrogen) atoms. The zero-order valence-corrected chi connectivity index (χ0v) is 17.4. The standard InChI is InChI=1S/C23H23F3N2O4/c1-32-22(31)18-4-2-15(3-5-18)14-27-20(29)16-10-12-28(13-11-16)21(30)17-6-8-19(9-7-17)23(24,25)26/h2-9,16H,10-14H2,1H3,(H,27,29). The Morgan fingerprint density at radius 3 is 2.06 bits per heavy atom. The van der Waals surface area contributed by atoms with Gasteiger partial charge in [0.15, 0.2) is 0 Å². The minimum absolute atomic E-state index is 0.122. The van der Waals surface area contributed by atoms with Gasteiger partial charge in [0, 0.05) is 31.1 Å². The van der Waals surface area contributed by atoms with Crippen molar-refractivity contribution in [2.24, 2.45) is 5.92 Å². The number of amides is 2. The van der Waals surface area contributed by atoms with E-state index in [1.165, 1.54) is 19.2 Å². The quantitative estimate of drug-likeness (QED) is 0.709. The van der Waals surface area contributed by atoms with Crippen LogP contribution in [-0.4, -0.2) is 42.9 Å². The second kappa shape index (κ2) is 9.84. The predicted octanol–water partition coefficient (Wildman–Crippen LogP) is 3.66. The number of hydrogen-bond acceptors (Lipinski definition) is 4. The SMILES string of the molecule is COC(=O)c1ccc(CNC(=O)C2CCN(C(=O)c3ccc(C(F)(F)F)cc3)CC2)cc1. The molecule has 1 aliphatic rings. The van der Waals surface area contributed by atoms with E-state index in [0.717, 1.165) is 17.7 Å². The number of rotatable bonds is 5. The summed E-state index contributed by atoms with van der Waals surface area (Å²) in [5.41, 5.74) is 0.647. The molecule has 1 saturated heterocycles. The smallest absolute Gasteiger partial charge is 0.416 e. The number of benzene rings is 2. The largest absolute Gasteiger partial charge is 0.465 e. The van der Waals surface area contributed by atoms with Gasteiger partial charge in [0.1, 0.15) is 0 Å². The fourth-order valence-electron chi connectivity index (χ4n) is 3.54. The van der Waals surface area contributed by atoms with Gasteiger partial charge < -0.3 is 15.0 Å². The van der Waals surface area contributed by atoms with Crippen molar-refractivity contribution in [3.63, 3.8) is 0 Å².